The number of aromatic nitrogens is 2. The van der Waals surface area contributed by atoms with E-state index in [1.807, 2.05) is 6.92 Å². The summed E-state index contributed by atoms with van der Waals surface area (Å²) in [4.78, 5) is 3.74. The smallest absolute Gasteiger partial charge is 0.280 e. The van der Waals surface area contributed by atoms with Crippen molar-refractivity contribution in [3.8, 4) is 0 Å². The Labute approximate surface area is 57.5 Å². The van der Waals surface area contributed by atoms with E-state index in [9.17, 15) is 8.78 Å². The maximum absolute atomic E-state index is 11.8. The molecule has 0 aliphatic carbocycles. The zero-order valence-electron chi connectivity index (χ0n) is 5.59. The monoisotopic (exact) mass is 146 g/mol. The fraction of sp³-hybridized carbons (Fsp3) is 0.500. The molecule has 56 valence electrons. The first-order chi connectivity index (χ1) is 4.74. The zero-order valence-corrected chi connectivity index (χ0v) is 5.59. The predicted octanol–water partition coefficient (Wildman–Crippen LogP) is 1.84. The van der Waals surface area contributed by atoms with Gasteiger partial charge in [0.25, 0.3) is 0 Å². The Balaban J connectivity index is 2.78. The molecule has 1 aromatic heterocycles. The Morgan fingerprint density at radius 3 is 2.70 bits per heavy atom. The van der Waals surface area contributed by atoms with Crippen LogP contribution in [0.25, 0.3) is 0 Å². The molecule has 0 aliphatic rings. The van der Waals surface area contributed by atoms with Crippen molar-refractivity contribution in [2.75, 3.05) is 0 Å². The largest absolute Gasteiger partial charge is 0.319 e. The molecule has 0 radical (unpaired) electrons. The summed E-state index contributed by atoms with van der Waals surface area (Å²) in [6, 6.07) is 0. The molecule has 10 heavy (non-hydrogen) atoms. The van der Waals surface area contributed by atoms with Gasteiger partial charge in [0.2, 0.25) is 0 Å². The molecule has 0 spiro atoms. The van der Waals surface area contributed by atoms with Crippen molar-refractivity contribution in [1.29, 1.82) is 0 Å². The minimum absolute atomic E-state index is 0.694. The second kappa shape index (κ2) is 2.77. The summed E-state index contributed by atoms with van der Waals surface area (Å²) in [6.07, 6.45) is 3.19. The van der Waals surface area contributed by atoms with Crippen LogP contribution in [0.5, 0.6) is 0 Å². The third-order valence-electron chi connectivity index (χ3n) is 1.24. The molecular formula is C6H8F2N2. The third-order valence-corrected chi connectivity index (χ3v) is 1.24. The number of hydrogen-bond donors (Lipinski definition) is 0. The summed E-state index contributed by atoms with van der Waals surface area (Å²) in [5.41, 5.74) is 0.695. The van der Waals surface area contributed by atoms with Gasteiger partial charge in [-0.05, 0) is 6.42 Å². The Morgan fingerprint density at radius 1 is 1.70 bits per heavy atom. The van der Waals surface area contributed by atoms with Gasteiger partial charge in [0.15, 0.2) is 0 Å². The average Bonchev–Trinajstić information content (AvgIpc) is 2.34. The normalized spacial score (nSPS) is 10.8. The van der Waals surface area contributed by atoms with Gasteiger partial charge in [0.05, 0.1) is 12.0 Å². The first-order valence-corrected chi connectivity index (χ1v) is 3.04. The van der Waals surface area contributed by atoms with E-state index in [1.54, 1.807) is 0 Å². The molecule has 1 heterocycles. The van der Waals surface area contributed by atoms with Gasteiger partial charge in [-0.1, -0.05) is 6.92 Å². The molecule has 0 aromatic carbocycles. The highest BCUT2D eigenvalue weighted by Crippen LogP contribution is 2.09. The quantitative estimate of drug-likeness (QED) is 0.622. The number of alkyl halides is 2. The molecule has 0 fully saturated rings. The van der Waals surface area contributed by atoms with Crippen LogP contribution in [-0.4, -0.2) is 9.55 Å². The number of rotatable bonds is 2. The number of nitrogens with zero attached hydrogens (tertiary/aromatic N) is 2. The predicted molar refractivity (Wildman–Crippen MR) is 32.9 cm³/mol. The second-order valence-electron chi connectivity index (χ2n) is 1.94. The van der Waals surface area contributed by atoms with E-state index in [2.05, 4.69) is 4.98 Å². The summed E-state index contributed by atoms with van der Waals surface area (Å²) >= 11 is 0. The Kier molecular flexibility index (Phi) is 1.99. The van der Waals surface area contributed by atoms with E-state index >= 15 is 0 Å². The number of halogens is 2. The van der Waals surface area contributed by atoms with Crippen molar-refractivity contribution in [3.63, 3.8) is 0 Å². The topological polar surface area (TPSA) is 17.8 Å². The molecule has 0 amide bonds. The van der Waals surface area contributed by atoms with Crippen molar-refractivity contribution in [2.45, 2.75) is 19.9 Å². The third kappa shape index (κ3) is 1.32. The van der Waals surface area contributed by atoms with Crippen LogP contribution in [0.2, 0.25) is 0 Å². The standard InChI is InChI=1S/C6H8F2N2/c1-2-5-3-10(4-9-5)6(7)8/h3-4,6H,2H2,1H3. The maximum Gasteiger partial charge on any atom is 0.319 e. The molecule has 0 saturated heterocycles. The van der Waals surface area contributed by atoms with Crippen LogP contribution >= 0.6 is 0 Å². The molecule has 1 rings (SSSR count). The first-order valence-electron chi connectivity index (χ1n) is 3.04. The number of imidazole rings is 1. The highest BCUT2D eigenvalue weighted by molar-refractivity contribution is 4.95. The maximum atomic E-state index is 11.8. The summed E-state index contributed by atoms with van der Waals surface area (Å²) in [5.74, 6) is 0. The first kappa shape index (κ1) is 7.18. The molecule has 0 saturated carbocycles. The van der Waals surface area contributed by atoms with E-state index in [1.165, 1.54) is 6.20 Å². The summed E-state index contributed by atoms with van der Waals surface area (Å²) in [6.45, 7) is -0.592. The minimum atomic E-state index is -2.46. The molecule has 4 heteroatoms. The van der Waals surface area contributed by atoms with Crippen LogP contribution in [0.1, 0.15) is 19.2 Å². The van der Waals surface area contributed by atoms with E-state index in [-0.39, 0.29) is 0 Å². The van der Waals surface area contributed by atoms with Gasteiger partial charge in [-0.25, -0.2) is 4.98 Å². The van der Waals surface area contributed by atoms with Gasteiger partial charge in [-0.15, -0.1) is 0 Å². The highest BCUT2D eigenvalue weighted by Gasteiger charge is 2.04. The van der Waals surface area contributed by atoms with E-state index in [0.29, 0.717) is 12.1 Å². The minimum Gasteiger partial charge on any atom is -0.280 e. The Morgan fingerprint density at radius 2 is 2.40 bits per heavy atom. The fourth-order valence-corrected chi connectivity index (χ4v) is 0.669. The van der Waals surface area contributed by atoms with Gasteiger partial charge in [-0.2, -0.15) is 8.78 Å². The van der Waals surface area contributed by atoms with Crippen LogP contribution in [0.15, 0.2) is 12.5 Å². The van der Waals surface area contributed by atoms with Crippen LogP contribution in [0.3, 0.4) is 0 Å². The molecule has 0 N–H and O–H groups in total. The molecule has 0 unspecified atom stereocenters. The Hall–Kier alpha value is -0.930. The highest BCUT2D eigenvalue weighted by atomic mass is 19.3. The lowest BCUT2D eigenvalue weighted by Gasteiger charge is -1.95. The van der Waals surface area contributed by atoms with Crippen molar-refractivity contribution < 1.29 is 8.78 Å². The molecule has 2 nitrogen and oxygen atoms in total. The summed E-state index contributed by atoms with van der Waals surface area (Å²) < 4.78 is 24.5. The number of hydrogen-bond acceptors (Lipinski definition) is 1. The molecule has 0 atom stereocenters. The zero-order chi connectivity index (χ0) is 7.56. The lowest BCUT2D eigenvalue weighted by Crippen LogP contribution is -1.92. The lowest BCUT2D eigenvalue weighted by molar-refractivity contribution is 0.0701. The second-order valence-corrected chi connectivity index (χ2v) is 1.94. The van der Waals surface area contributed by atoms with Crippen LogP contribution < -0.4 is 0 Å². The van der Waals surface area contributed by atoms with Gasteiger partial charge in [0, 0.05) is 6.20 Å². The Bertz CT molecular complexity index is 207. The average molecular weight is 146 g/mol. The van der Waals surface area contributed by atoms with Crippen molar-refractivity contribution in [3.05, 3.63) is 18.2 Å². The van der Waals surface area contributed by atoms with E-state index < -0.39 is 6.55 Å². The van der Waals surface area contributed by atoms with Crippen molar-refractivity contribution in [2.24, 2.45) is 0 Å². The lowest BCUT2D eigenvalue weighted by atomic mass is 10.4. The summed E-state index contributed by atoms with van der Waals surface area (Å²) in [7, 11) is 0. The fourth-order valence-electron chi connectivity index (χ4n) is 0.669. The van der Waals surface area contributed by atoms with Crippen LogP contribution in [0, 0.1) is 0 Å². The van der Waals surface area contributed by atoms with Crippen LogP contribution in [-0.2, 0) is 6.42 Å². The van der Waals surface area contributed by atoms with Gasteiger partial charge in [0.1, 0.15) is 0 Å². The number of aryl methyl sites for hydroxylation is 1. The molecule has 1 aromatic rings. The van der Waals surface area contributed by atoms with Gasteiger partial charge >= 0.3 is 6.55 Å². The van der Waals surface area contributed by atoms with Gasteiger partial charge < -0.3 is 0 Å². The van der Waals surface area contributed by atoms with Crippen molar-refractivity contribution >= 4 is 0 Å². The van der Waals surface area contributed by atoms with Crippen LogP contribution in [0.4, 0.5) is 8.78 Å². The van der Waals surface area contributed by atoms with Crippen molar-refractivity contribution in [1.82, 2.24) is 9.55 Å². The van der Waals surface area contributed by atoms with Gasteiger partial charge in [-0.3, -0.25) is 4.57 Å². The van der Waals surface area contributed by atoms with E-state index in [4.69, 9.17) is 0 Å². The molecule has 0 bridgehead atoms. The van der Waals surface area contributed by atoms with E-state index in [0.717, 1.165) is 10.9 Å². The SMILES string of the molecule is CCc1cn(C(F)F)cn1. The summed E-state index contributed by atoms with van der Waals surface area (Å²) in [5, 5.41) is 0. The molecule has 0 aliphatic heterocycles. The molecular weight excluding hydrogens is 138 g/mol.